The first-order valence-electron chi connectivity index (χ1n) is 7.30. The van der Waals surface area contributed by atoms with Crippen LogP contribution in [0.15, 0.2) is 35.5 Å². The summed E-state index contributed by atoms with van der Waals surface area (Å²) < 4.78 is 0. The highest BCUT2D eigenvalue weighted by atomic mass is 127. The summed E-state index contributed by atoms with van der Waals surface area (Å²) in [4.78, 5) is 10.0. The van der Waals surface area contributed by atoms with Gasteiger partial charge < -0.3 is 11.1 Å². The van der Waals surface area contributed by atoms with Crippen LogP contribution in [0.5, 0.6) is 0 Å². The summed E-state index contributed by atoms with van der Waals surface area (Å²) in [7, 11) is 0. The van der Waals surface area contributed by atoms with Crippen LogP contribution < -0.4 is 11.1 Å². The molecule has 3 N–H and O–H groups in total. The average molecular weight is 430 g/mol. The summed E-state index contributed by atoms with van der Waals surface area (Å²) in [5, 5.41) is 4.23. The van der Waals surface area contributed by atoms with Crippen molar-refractivity contribution in [1.29, 1.82) is 0 Å². The van der Waals surface area contributed by atoms with Gasteiger partial charge in [0.2, 0.25) is 0 Å². The van der Waals surface area contributed by atoms with E-state index in [-0.39, 0.29) is 24.0 Å². The van der Waals surface area contributed by atoms with Gasteiger partial charge in [0.05, 0.1) is 5.01 Å². The van der Waals surface area contributed by atoms with Crippen molar-refractivity contribution in [3.63, 3.8) is 0 Å². The zero-order valence-electron chi connectivity index (χ0n) is 13.0. The molecule has 6 heteroatoms. The summed E-state index contributed by atoms with van der Waals surface area (Å²) in [6.45, 7) is 4.94. The highest BCUT2D eigenvalue weighted by Crippen LogP contribution is 2.14. The van der Waals surface area contributed by atoms with Crippen molar-refractivity contribution in [3.05, 3.63) is 45.9 Å². The van der Waals surface area contributed by atoms with Gasteiger partial charge in [0, 0.05) is 29.7 Å². The van der Waals surface area contributed by atoms with E-state index in [1.807, 2.05) is 18.3 Å². The number of hydrogen-bond acceptors (Lipinski definition) is 3. The van der Waals surface area contributed by atoms with Crippen LogP contribution in [0.4, 0.5) is 5.69 Å². The van der Waals surface area contributed by atoms with E-state index < -0.39 is 0 Å². The van der Waals surface area contributed by atoms with Crippen molar-refractivity contribution < 1.29 is 0 Å². The van der Waals surface area contributed by atoms with Gasteiger partial charge in [0.25, 0.3) is 0 Å². The lowest BCUT2D eigenvalue weighted by molar-refractivity contribution is 0.949. The molecule has 0 fully saturated rings. The first-order valence-corrected chi connectivity index (χ1v) is 8.12. The molecule has 0 spiro atoms. The average Bonchev–Trinajstić information content (AvgIpc) is 2.96. The Morgan fingerprint density at radius 2 is 1.95 bits per heavy atom. The first kappa shape index (κ1) is 18.9. The molecule has 2 aromatic rings. The zero-order valence-corrected chi connectivity index (χ0v) is 16.2. The number of rotatable bonds is 6. The van der Waals surface area contributed by atoms with Gasteiger partial charge in [0.15, 0.2) is 5.96 Å². The number of nitrogens with one attached hydrogen (secondary N) is 1. The number of aliphatic imine (C=N–C) groups is 1. The summed E-state index contributed by atoms with van der Waals surface area (Å²) in [6, 6.07) is 8.24. The summed E-state index contributed by atoms with van der Waals surface area (Å²) >= 11 is 1.75. The molecule has 22 heavy (non-hydrogen) atoms. The van der Waals surface area contributed by atoms with E-state index in [4.69, 9.17) is 5.73 Å². The molecule has 0 unspecified atom stereocenters. The number of aromatic nitrogens is 1. The minimum atomic E-state index is 0. The third-order valence-corrected chi connectivity index (χ3v) is 4.39. The lowest BCUT2D eigenvalue weighted by atomic mass is 10.1. The number of benzene rings is 1. The Bertz CT molecular complexity index is 592. The largest absolute Gasteiger partial charge is 0.370 e. The maximum Gasteiger partial charge on any atom is 0.193 e. The molecule has 0 saturated carbocycles. The molecular formula is C16H23IN4S. The Balaban J connectivity index is 0.00000242. The fourth-order valence-corrected chi connectivity index (χ4v) is 2.76. The SMILES string of the molecule is CCc1ccc(NC(N)=NCCc2ncc(CC)s2)cc1.I. The van der Waals surface area contributed by atoms with Crippen LogP contribution in [0, 0.1) is 0 Å². The second kappa shape index (κ2) is 9.78. The Morgan fingerprint density at radius 3 is 2.55 bits per heavy atom. The Labute approximate surface area is 153 Å². The highest BCUT2D eigenvalue weighted by molar-refractivity contribution is 14.0. The number of anilines is 1. The van der Waals surface area contributed by atoms with Crippen molar-refractivity contribution in [2.24, 2.45) is 10.7 Å². The molecule has 0 radical (unpaired) electrons. The van der Waals surface area contributed by atoms with Crippen LogP contribution in [-0.4, -0.2) is 17.5 Å². The maximum absolute atomic E-state index is 5.89. The predicted octanol–water partition coefficient (Wildman–Crippen LogP) is 3.86. The van der Waals surface area contributed by atoms with E-state index in [1.54, 1.807) is 11.3 Å². The molecule has 4 nitrogen and oxygen atoms in total. The number of thiazole rings is 1. The Hall–Kier alpha value is -1.15. The standard InChI is InChI=1S/C16H22N4S.HI/c1-3-12-5-7-13(8-6-12)20-16(17)18-10-9-15-19-11-14(4-2)21-15;/h5-8,11H,3-4,9-10H2,1-2H3,(H3,17,18,20);1H. The second-order valence-corrected chi connectivity index (χ2v) is 5.97. The topological polar surface area (TPSA) is 63.3 Å². The Morgan fingerprint density at radius 1 is 1.23 bits per heavy atom. The van der Waals surface area contributed by atoms with Crippen LogP contribution in [0.2, 0.25) is 0 Å². The molecule has 0 aliphatic carbocycles. The van der Waals surface area contributed by atoms with Gasteiger partial charge in [-0.15, -0.1) is 35.3 Å². The second-order valence-electron chi connectivity index (χ2n) is 4.77. The number of guanidine groups is 1. The number of halogens is 1. The number of hydrogen-bond donors (Lipinski definition) is 2. The van der Waals surface area contributed by atoms with Crippen molar-refractivity contribution in [2.45, 2.75) is 33.1 Å². The third-order valence-electron chi connectivity index (χ3n) is 3.19. The van der Waals surface area contributed by atoms with E-state index >= 15 is 0 Å². The zero-order chi connectivity index (χ0) is 15.1. The van der Waals surface area contributed by atoms with Crippen molar-refractivity contribution in [2.75, 3.05) is 11.9 Å². The van der Waals surface area contributed by atoms with E-state index in [0.717, 1.165) is 30.0 Å². The lowest BCUT2D eigenvalue weighted by Gasteiger charge is -2.06. The first-order chi connectivity index (χ1) is 10.2. The normalized spacial score (nSPS) is 11.1. The molecular weight excluding hydrogens is 407 g/mol. The minimum absolute atomic E-state index is 0. The number of nitrogens with zero attached hydrogens (tertiary/aromatic N) is 2. The molecule has 1 aromatic carbocycles. The Kier molecular flexibility index (Phi) is 8.40. The van der Waals surface area contributed by atoms with E-state index in [1.165, 1.54) is 10.4 Å². The molecule has 0 aliphatic rings. The van der Waals surface area contributed by atoms with Crippen LogP contribution >= 0.6 is 35.3 Å². The van der Waals surface area contributed by atoms with Gasteiger partial charge in [-0.05, 0) is 30.5 Å². The van der Waals surface area contributed by atoms with Gasteiger partial charge in [-0.3, -0.25) is 4.99 Å². The molecule has 0 amide bonds. The van der Waals surface area contributed by atoms with E-state index in [0.29, 0.717) is 12.5 Å². The minimum Gasteiger partial charge on any atom is -0.370 e. The monoisotopic (exact) mass is 430 g/mol. The summed E-state index contributed by atoms with van der Waals surface area (Å²) in [6.07, 6.45) is 4.86. The number of aryl methyl sites for hydroxylation is 2. The quantitative estimate of drug-likeness (QED) is 0.416. The van der Waals surface area contributed by atoms with Crippen LogP contribution in [0.3, 0.4) is 0 Å². The smallest absolute Gasteiger partial charge is 0.193 e. The molecule has 120 valence electrons. The molecule has 1 heterocycles. The summed E-state index contributed by atoms with van der Waals surface area (Å²) in [5.74, 6) is 0.450. The van der Waals surface area contributed by atoms with Crippen LogP contribution in [-0.2, 0) is 19.3 Å². The molecule has 0 aliphatic heterocycles. The van der Waals surface area contributed by atoms with Gasteiger partial charge in [0.1, 0.15) is 0 Å². The van der Waals surface area contributed by atoms with Crippen LogP contribution in [0.25, 0.3) is 0 Å². The molecule has 0 atom stereocenters. The predicted molar refractivity (Wildman–Crippen MR) is 107 cm³/mol. The van der Waals surface area contributed by atoms with Crippen molar-refractivity contribution in [3.8, 4) is 0 Å². The number of nitrogens with two attached hydrogens (primary N) is 1. The molecule has 0 saturated heterocycles. The van der Waals surface area contributed by atoms with Crippen molar-refractivity contribution >= 4 is 47.0 Å². The molecule has 0 bridgehead atoms. The van der Waals surface area contributed by atoms with E-state index in [2.05, 4.69) is 41.3 Å². The third kappa shape index (κ3) is 5.92. The van der Waals surface area contributed by atoms with Gasteiger partial charge in [-0.25, -0.2) is 4.98 Å². The molecule has 2 rings (SSSR count). The van der Waals surface area contributed by atoms with Gasteiger partial charge in [-0.2, -0.15) is 0 Å². The molecule has 1 aromatic heterocycles. The van der Waals surface area contributed by atoms with Crippen molar-refractivity contribution in [1.82, 2.24) is 4.98 Å². The lowest BCUT2D eigenvalue weighted by Crippen LogP contribution is -2.23. The van der Waals surface area contributed by atoms with Gasteiger partial charge in [-0.1, -0.05) is 26.0 Å². The fourth-order valence-electron chi connectivity index (χ4n) is 1.91. The van der Waals surface area contributed by atoms with Crippen LogP contribution in [0.1, 0.15) is 29.3 Å². The highest BCUT2D eigenvalue weighted by Gasteiger charge is 2.00. The van der Waals surface area contributed by atoms with E-state index in [9.17, 15) is 0 Å². The summed E-state index contributed by atoms with van der Waals surface area (Å²) in [5.41, 5.74) is 8.17. The fraction of sp³-hybridized carbons (Fsp3) is 0.375. The maximum atomic E-state index is 5.89. The van der Waals surface area contributed by atoms with Gasteiger partial charge >= 0.3 is 0 Å².